The van der Waals surface area contributed by atoms with Crippen molar-refractivity contribution in [3.63, 3.8) is 0 Å². The molecule has 9 heteroatoms. The van der Waals surface area contributed by atoms with Crippen molar-refractivity contribution in [2.24, 2.45) is 4.99 Å². The van der Waals surface area contributed by atoms with Gasteiger partial charge in [-0.3, -0.25) is 4.99 Å². The second-order valence-corrected chi connectivity index (χ2v) is 5.98. The first-order chi connectivity index (χ1) is 9.40. The van der Waals surface area contributed by atoms with Gasteiger partial charge in [0.1, 0.15) is 5.82 Å². The summed E-state index contributed by atoms with van der Waals surface area (Å²) in [6.45, 7) is 1.19. The molecule has 0 unspecified atom stereocenters. The molecule has 0 aliphatic rings. The molecule has 0 atom stereocenters. The summed E-state index contributed by atoms with van der Waals surface area (Å²) in [4.78, 5) is 4.00. The molecule has 6 nitrogen and oxygen atoms in total. The van der Waals surface area contributed by atoms with Crippen molar-refractivity contribution in [3.05, 3.63) is 35.6 Å². The first kappa shape index (κ1) is 20.1. The third kappa shape index (κ3) is 9.58. The van der Waals surface area contributed by atoms with Gasteiger partial charge >= 0.3 is 0 Å². The first-order valence-corrected chi connectivity index (χ1v) is 7.93. The Morgan fingerprint density at radius 1 is 1.19 bits per heavy atom. The van der Waals surface area contributed by atoms with Gasteiger partial charge in [-0.2, -0.15) is 0 Å². The normalized spacial score (nSPS) is 11.7. The molecule has 0 amide bonds. The standard InChI is InChI=1S/C12H19FN4O2S.HI/c1-14-12(15-7-8-17-20(2,18)19)16-9-10-3-5-11(13)6-4-10;/h3-6,17H,7-9H2,1-2H3,(H2,14,15,16);1H. The van der Waals surface area contributed by atoms with E-state index in [2.05, 4.69) is 20.3 Å². The minimum Gasteiger partial charge on any atom is -0.355 e. The number of aliphatic imine (C=N–C) groups is 1. The fourth-order valence-electron chi connectivity index (χ4n) is 1.43. The molecule has 1 aromatic carbocycles. The van der Waals surface area contributed by atoms with Gasteiger partial charge in [-0.25, -0.2) is 17.5 Å². The SMILES string of the molecule is CN=C(NCCNS(C)(=O)=O)NCc1ccc(F)cc1.I. The zero-order valence-corrected chi connectivity index (χ0v) is 15.0. The van der Waals surface area contributed by atoms with Crippen molar-refractivity contribution in [1.29, 1.82) is 0 Å². The van der Waals surface area contributed by atoms with Crippen LogP contribution in [0.25, 0.3) is 0 Å². The van der Waals surface area contributed by atoms with Gasteiger partial charge in [0.05, 0.1) is 6.26 Å². The summed E-state index contributed by atoms with van der Waals surface area (Å²) in [5.74, 6) is 0.271. The van der Waals surface area contributed by atoms with E-state index in [1.165, 1.54) is 12.1 Å². The zero-order valence-electron chi connectivity index (χ0n) is 11.9. The Kier molecular flexibility index (Phi) is 9.46. The zero-order chi connectivity index (χ0) is 15.0. The Morgan fingerprint density at radius 3 is 2.33 bits per heavy atom. The van der Waals surface area contributed by atoms with Crippen molar-refractivity contribution in [2.75, 3.05) is 26.4 Å². The van der Waals surface area contributed by atoms with Gasteiger partial charge < -0.3 is 10.6 Å². The van der Waals surface area contributed by atoms with E-state index < -0.39 is 10.0 Å². The van der Waals surface area contributed by atoms with Crippen LogP contribution in [0.3, 0.4) is 0 Å². The fraction of sp³-hybridized carbons (Fsp3) is 0.417. The Morgan fingerprint density at radius 2 is 1.81 bits per heavy atom. The summed E-state index contributed by atoms with van der Waals surface area (Å²) in [5.41, 5.74) is 0.920. The third-order valence-electron chi connectivity index (χ3n) is 2.38. The van der Waals surface area contributed by atoms with E-state index in [0.29, 0.717) is 19.0 Å². The van der Waals surface area contributed by atoms with Crippen LogP contribution in [0.2, 0.25) is 0 Å². The monoisotopic (exact) mass is 430 g/mol. The van der Waals surface area contributed by atoms with E-state index in [4.69, 9.17) is 0 Å². The predicted octanol–water partition coefficient (Wildman–Crippen LogP) is 0.658. The number of rotatable bonds is 6. The average molecular weight is 430 g/mol. The highest BCUT2D eigenvalue weighted by Gasteiger charge is 2.01. The largest absolute Gasteiger partial charge is 0.355 e. The summed E-state index contributed by atoms with van der Waals surface area (Å²) < 4.78 is 36.8. The number of halogens is 2. The van der Waals surface area contributed by atoms with Crippen LogP contribution in [0.15, 0.2) is 29.3 Å². The number of hydrogen-bond donors (Lipinski definition) is 3. The van der Waals surface area contributed by atoms with E-state index in [9.17, 15) is 12.8 Å². The van der Waals surface area contributed by atoms with Crippen molar-refractivity contribution < 1.29 is 12.8 Å². The van der Waals surface area contributed by atoms with Crippen LogP contribution >= 0.6 is 24.0 Å². The molecule has 0 aromatic heterocycles. The van der Waals surface area contributed by atoms with Gasteiger partial charge in [0.25, 0.3) is 0 Å². The highest BCUT2D eigenvalue weighted by Crippen LogP contribution is 2.01. The Labute approximate surface area is 141 Å². The quantitative estimate of drug-likeness (QED) is 0.268. The molecule has 1 aromatic rings. The van der Waals surface area contributed by atoms with E-state index in [-0.39, 0.29) is 36.3 Å². The van der Waals surface area contributed by atoms with Crippen LogP contribution in [-0.2, 0) is 16.6 Å². The van der Waals surface area contributed by atoms with Crippen molar-refractivity contribution in [3.8, 4) is 0 Å². The van der Waals surface area contributed by atoms with Crippen LogP contribution in [0.5, 0.6) is 0 Å². The number of guanidine groups is 1. The highest BCUT2D eigenvalue weighted by atomic mass is 127. The maximum absolute atomic E-state index is 12.7. The van der Waals surface area contributed by atoms with Gasteiger partial charge in [0.15, 0.2) is 5.96 Å². The summed E-state index contributed by atoms with van der Waals surface area (Å²) in [6.07, 6.45) is 1.11. The Balaban J connectivity index is 0.00000400. The molecule has 0 aliphatic carbocycles. The van der Waals surface area contributed by atoms with E-state index in [1.807, 2.05) is 0 Å². The smallest absolute Gasteiger partial charge is 0.208 e. The van der Waals surface area contributed by atoms with Gasteiger partial charge in [0.2, 0.25) is 10.0 Å². The summed E-state index contributed by atoms with van der Waals surface area (Å²) in [6, 6.07) is 6.15. The molecular weight excluding hydrogens is 410 g/mol. The Bertz CT molecular complexity index is 549. The molecule has 120 valence electrons. The molecule has 0 aliphatic heterocycles. The van der Waals surface area contributed by atoms with Crippen LogP contribution in [0.4, 0.5) is 4.39 Å². The highest BCUT2D eigenvalue weighted by molar-refractivity contribution is 14.0. The predicted molar refractivity (Wildman–Crippen MR) is 92.9 cm³/mol. The van der Waals surface area contributed by atoms with Crippen molar-refractivity contribution in [1.82, 2.24) is 15.4 Å². The van der Waals surface area contributed by atoms with E-state index >= 15 is 0 Å². The number of hydrogen-bond acceptors (Lipinski definition) is 3. The molecule has 0 fully saturated rings. The second kappa shape index (κ2) is 9.90. The lowest BCUT2D eigenvalue weighted by Gasteiger charge is -2.12. The molecule has 3 N–H and O–H groups in total. The van der Waals surface area contributed by atoms with Gasteiger partial charge in [-0.05, 0) is 17.7 Å². The maximum atomic E-state index is 12.7. The lowest BCUT2D eigenvalue weighted by atomic mass is 10.2. The number of benzene rings is 1. The molecular formula is C12H20FIN4O2S. The lowest BCUT2D eigenvalue weighted by molar-refractivity contribution is 0.586. The minimum absolute atomic E-state index is 0. The van der Waals surface area contributed by atoms with Gasteiger partial charge in [-0.1, -0.05) is 12.1 Å². The number of nitrogens with one attached hydrogen (secondary N) is 3. The second-order valence-electron chi connectivity index (χ2n) is 4.15. The topological polar surface area (TPSA) is 82.6 Å². The van der Waals surface area contributed by atoms with Gasteiger partial charge in [-0.15, -0.1) is 24.0 Å². The molecule has 0 heterocycles. The first-order valence-electron chi connectivity index (χ1n) is 6.04. The van der Waals surface area contributed by atoms with Gasteiger partial charge in [0, 0.05) is 26.7 Å². The van der Waals surface area contributed by atoms with Crippen molar-refractivity contribution >= 4 is 40.0 Å². The third-order valence-corrected chi connectivity index (χ3v) is 3.11. The van der Waals surface area contributed by atoms with Crippen LogP contribution in [0.1, 0.15) is 5.56 Å². The van der Waals surface area contributed by atoms with Crippen LogP contribution in [-0.4, -0.2) is 40.8 Å². The number of sulfonamides is 1. The molecule has 0 spiro atoms. The molecule has 21 heavy (non-hydrogen) atoms. The summed E-state index contributed by atoms with van der Waals surface area (Å²) >= 11 is 0. The lowest BCUT2D eigenvalue weighted by Crippen LogP contribution is -2.41. The maximum Gasteiger partial charge on any atom is 0.208 e. The Hall–Kier alpha value is -0.940. The average Bonchev–Trinajstić information content (AvgIpc) is 2.39. The van der Waals surface area contributed by atoms with E-state index in [0.717, 1.165) is 11.8 Å². The van der Waals surface area contributed by atoms with E-state index in [1.54, 1.807) is 19.2 Å². The molecule has 0 saturated carbocycles. The minimum atomic E-state index is -3.17. The molecule has 0 bridgehead atoms. The summed E-state index contributed by atoms with van der Waals surface area (Å²) in [5, 5.41) is 6.00. The molecule has 0 saturated heterocycles. The van der Waals surface area contributed by atoms with Crippen molar-refractivity contribution in [2.45, 2.75) is 6.54 Å². The molecule has 0 radical (unpaired) electrons. The fourth-order valence-corrected chi connectivity index (χ4v) is 1.90. The molecule has 1 rings (SSSR count). The van der Waals surface area contributed by atoms with Crippen LogP contribution in [0, 0.1) is 5.82 Å². The summed E-state index contributed by atoms with van der Waals surface area (Å²) in [7, 11) is -1.56. The number of nitrogens with zero attached hydrogens (tertiary/aromatic N) is 1. The van der Waals surface area contributed by atoms with Crippen LogP contribution < -0.4 is 15.4 Å².